The molecule has 0 nitrogen and oxygen atoms in total. The maximum absolute atomic E-state index is 3.01. The zero-order valence-electron chi connectivity index (χ0n) is 17.4. The molecule has 0 heterocycles. The molecule has 0 aromatic rings. The molecule has 1 unspecified atom stereocenters. The molecule has 0 fully saturated rings. The van der Waals surface area contributed by atoms with Gasteiger partial charge < -0.3 is 0 Å². The summed E-state index contributed by atoms with van der Waals surface area (Å²) in [5, 5.41) is 0. The molecule has 23 heavy (non-hydrogen) atoms. The standard InChI is InChI=1S/C21H38P.Hf/c1-13-14(2)17(21(10,11)15(13)3)16(12-22)18(19(4,5)6)20(7,8)9;/h18H,12,22H2,1-11H3;/q-1;. The fourth-order valence-electron chi connectivity index (χ4n) is 4.94. The number of rotatable bonds is 3. The minimum absolute atomic E-state index is 0. The number of hydrogen-bond acceptors (Lipinski definition) is 0. The Labute approximate surface area is 167 Å². The van der Waals surface area contributed by atoms with Gasteiger partial charge in [-0.2, -0.15) is 20.4 Å². The summed E-state index contributed by atoms with van der Waals surface area (Å²) in [4.78, 5) is 0. The summed E-state index contributed by atoms with van der Waals surface area (Å²) in [5.41, 5.74) is 6.84. The monoisotopic (exact) mass is 501 g/mol. The van der Waals surface area contributed by atoms with Gasteiger partial charge in [0.15, 0.2) is 0 Å². The van der Waals surface area contributed by atoms with E-state index in [0.717, 1.165) is 6.16 Å². The average Bonchev–Trinajstić information content (AvgIpc) is 2.45. The topological polar surface area (TPSA) is 0 Å². The summed E-state index contributed by atoms with van der Waals surface area (Å²) >= 11 is 0. The second-order valence-electron chi connectivity index (χ2n) is 9.77. The average molecular weight is 500 g/mol. The Morgan fingerprint density at radius 1 is 0.913 bits per heavy atom. The molecule has 0 N–H and O–H groups in total. The van der Waals surface area contributed by atoms with E-state index in [2.05, 4.69) is 85.4 Å². The largest absolute Gasteiger partial charge is 0.204 e. The van der Waals surface area contributed by atoms with Gasteiger partial charge in [-0.3, -0.25) is 0 Å². The van der Waals surface area contributed by atoms with Crippen LogP contribution in [0.3, 0.4) is 0 Å². The summed E-state index contributed by atoms with van der Waals surface area (Å²) in [6.45, 7) is 26.1. The molecule has 0 bridgehead atoms. The molecule has 1 rings (SSSR count). The number of allylic oxidation sites excluding steroid dienone is 4. The third-order valence-corrected chi connectivity index (χ3v) is 6.12. The predicted octanol–water partition coefficient (Wildman–Crippen LogP) is 6.83. The summed E-state index contributed by atoms with van der Waals surface area (Å²) in [6.07, 6.45) is 1.07. The zero-order chi connectivity index (χ0) is 17.7. The summed E-state index contributed by atoms with van der Waals surface area (Å²) in [5.74, 6) is 2.21. The van der Waals surface area contributed by atoms with Crippen molar-refractivity contribution in [3.8, 4) is 0 Å². The van der Waals surface area contributed by atoms with Gasteiger partial charge in [0.25, 0.3) is 0 Å². The van der Waals surface area contributed by atoms with Crippen molar-refractivity contribution in [2.24, 2.45) is 22.2 Å². The van der Waals surface area contributed by atoms with Crippen molar-refractivity contribution in [3.05, 3.63) is 28.2 Å². The van der Waals surface area contributed by atoms with E-state index in [4.69, 9.17) is 0 Å². The van der Waals surface area contributed by atoms with E-state index in [9.17, 15) is 0 Å². The first-order valence-corrected chi connectivity index (χ1v) is 9.44. The van der Waals surface area contributed by atoms with Crippen LogP contribution >= 0.6 is 9.24 Å². The fraction of sp³-hybridized carbons (Fsp3) is 0.762. The van der Waals surface area contributed by atoms with Gasteiger partial charge in [-0.05, 0) is 23.2 Å². The Bertz CT molecular complexity index is 481. The quantitative estimate of drug-likeness (QED) is 0.227. The van der Waals surface area contributed by atoms with E-state index in [0.29, 0.717) is 5.92 Å². The van der Waals surface area contributed by atoms with Crippen molar-refractivity contribution < 1.29 is 25.8 Å². The van der Waals surface area contributed by atoms with Crippen molar-refractivity contribution in [2.45, 2.75) is 76.2 Å². The molecule has 1 aliphatic rings. The van der Waals surface area contributed by atoms with Crippen molar-refractivity contribution in [2.75, 3.05) is 6.16 Å². The molecular weight excluding hydrogens is 462 g/mol. The molecule has 0 radical (unpaired) electrons. The SMILES string of the molecule is CC1=C(C)C(C)(C)C([C-](CP)C(C(C)(C)C)C(C)(C)C)=C1C.[Hf]. The Morgan fingerprint density at radius 3 is 1.52 bits per heavy atom. The first-order chi connectivity index (χ1) is 9.67. The second kappa shape index (κ2) is 7.49. The van der Waals surface area contributed by atoms with Crippen LogP contribution in [-0.4, -0.2) is 6.16 Å². The fourth-order valence-corrected chi connectivity index (χ4v) is 5.38. The van der Waals surface area contributed by atoms with Gasteiger partial charge in [0, 0.05) is 25.8 Å². The Morgan fingerprint density at radius 2 is 1.30 bits per heavy atom. The molecule has 0 saturated heterocycles. The number of hydrogen-bond donors (Lipinski definition) is 0. The molecule has 1 aliphatic carbocycles. The van der Waals surface area contributed by atoms with Crippen LogP contribution in [0.2, 0.25) is 0 Å². The zero-order valence-corrected chi connectivity index (χ0v) is 22.1. The summed E-state index contributed by atoms with van der Waals surface area (Å²) in [6, 6.07) is 0. The summed E-state index contributed by atoms with van der Waals surface area (Å²) in [7, 11) is 3.01. The van der Waals surface area contributed by atoms with E-state index < -0.39 is 0 Å². The van der Waals surface area contributed by atoms with Crippen molar-refractivity contribution in [3.63, 3.8) is 0 Å². The van der Waals surface area contributed by atoms with E-state index >= 15 is 0 Å². The minimum Gasteiger partial charge on any atom is -0.204 e. The molecule has 1 atom stereocenters. The molecule has 0 aromatic carbocycles. The Balaban J connectivity index is 0.00000484. The van der Waals surface area contributed by atoms with E-state index in [1.54, 1.807) is 11.5 Å². The van der Waals surface area contributed by atoms with Crippen molar-refractivity contribution in [1.29, 1.82) is 0 Å². The van der Waals surface area contributed by atoms with Gasteiger partial charge in [0.1, 0.15) is 0 Å². The molecule has 132 valence electrons. The van der Waals surface area contributed by atoms with Crippen molar-refractivity contribution in [1.82, 2.24) is 0 Å². The second-order valence-corrected chi connectivity index (χ2v) is 10.2. The molecule has 0 aromatic heterocycles. The molecule has 0 aliphatic heterocycles. The van der Waals surface area contributed by atoms with Crippen LogP contribution in [-0.2, 0) is 25.8 Å². The third kappa shape index (κ3) is 4.44. The van der Waals surface area contributed by atoms with Crippen LogP contribution in [0.15, 0.2) is 22.3 Å². The Kier molecular flexibility index (Phi) is 7.70. The van der Waals surface area contributed by atoms with E-state index in [1.807, 2.05) is 0 Å². The first kappa shape index (κ1) is 23.7. The van der Waals surface area contributed by atoms with Gasteiger partial charge in [0.2, 0.25) is 0 Å². The van der Waals surface area contributed by atoms with Crippen LogP contribution in [0, 0.1) is 28.1 Å². The molecule has 0 saturated carbocycles. The molecule has 0 spiro atoms. The van der Waals surface area contributed by atoms with Gasteiger partial charge in [-0.25, -0.2) is 5.92 Å². The third-order valence-electron chi connectivity index (χ3n) is 5.68. The van der Waals surface area contributed by atoms with Gasteiger partial charge in [-0.1, -0.05) is 80.0 Å². The van der Waals surface area contributed by atoms with Gasteiger partial charge >= 0.3 is 0 Å². The first-order valence-electron chi connectivity index (χ1n) is 8.63. The smallest absolute Gasteiger partial charge is 0 e. The maximum Gasteiger partial charge on any atom is 0 e. The minimum atomic E-state index is 0. The molecule has 2 heteroatoms. The summed E-state index contributed by atoms with van der Waals surface area (Å²) < 4.78 is 0. The molecular formula is C21H38HfP-. The van der Waals surface area contributed by atoms with Crippen LogP contribution in [0.1, 0.15) is 76.2 Å². The van der Waals surface area contributed by atoms with E-state index in [-0.39, 0.29) is 42.1 Å². The van der Waals surface area contributed by atoms with Crippen LogP contribution in [0.5, 0.6) is 0 Å². The van der Waals surface area contributed by atoms with Crippen LogP contribution < -0.4 is 0 Å². The van der Waals surface area contributed by atoms with Crippen LogP contribution in [0.4, 0.5) is 0 Å². The maximum atomic E-state index is 3.01. The molecule has 0 amide bonds. The van der Waals surface area contributed by atoms with E-state index in [1.165, 1.54) is 16.7 Å². The normalized spacial score (nSPS) is 18.7. The Hall–Kier alpha value is 0.650. The van der Waals surface area contributed by atoms with Gasteiger partial charge in [-0.15, -0.1) is 12.5 Å². The van der Waals surface area contributed by atoms with Crippen LogP contribution in [0.25, 0.3) is 0 Å². The van der Waals surface area contributed by atoms with Crippen molar-refractivity contribution >= 4 is 9.24 Å². The predicted molar refractivity (Wildman–Crippen MR) is 105 cm³/mol. The van der Waals surface area contributed by atoms with Gasteiger partial charge in [0.05, 0.1) is 0 Å².